The van der Waals surface area contributed by atoms with Crippen LogP contribution in [0, 0.1) is 5.82 Å². The van der Waals surface area contributed by atoms with E-state index in [9.17, 15) is 4.39 Å². The van der Waals surface area contributed by atoms with Crippen LogP contribution in [0.3, 0.4) is 0 Å². The quantitative estimate of drug-likeness (QED) is 0.729. The minimum atomic E-state index is -0.171. The first-order valence-electron chi connectivity index (χ1n) is 5.59. The van der Waals surface area contributed by atoms with Crippen LogP contribution in [0.4, 0.5) is 4.39 Å². The monoisotopic (exact) mass is 320 g/mol. The number of nitrogens with one attached hydrogen (secondary N) is 1. The zero-order valence-electron chi connectivity index (χ0n) is 9.45. The zero-order valence-corrected chi connectivity index (χ0v) is 11.0. The lowest BCUT2D eigenvalue weighted by molar-refractivity contribution is 0.614. The Balaban J connectivity index is 0.00000133. The molecule has 0 aliphatic carbocycles. The third-order valence-electron chi connectivity index (χ3n) is 2.92. The topological polar surface area (TPSA) is 28.7 Å². The van der Waals surface area contributed by atoms with Crippen molar-refractivity contribution < 1.29 is 4.39 Å². The van der Waals surface area contributed by atoms with E-state index in [1.165, 1.54) is 6.07 Å². The van der Waals surface area contributed by atoms with Crippen molar-refractivity contribution in [2.24, 2.45) is 0 Å². The average molecular weight is 321 g/mol. The number of rotatable bonds is 2. The van der Waals surface area contributed by atoms with Crippen LogP contribution < -0.4 is 0 Å². The fraction of sp³-hybridized carbons (Fsp3) is 0.133. The lowest BCUT2D eigenvalue weighted by Crippen LogP contribution is -1.91. The van der Waals surface area contributed by atoms with Crippen LogP contribution in [0.1, 0.15) is 18.6 Å². The number of hydrogen-bond donors (Lipinski definition) is 1. The summed E-state index contributed by atoms with van der Waals surface area (Å²) in [6.07, 6.45) is 4.19. The molecule has 2 heterocycles. The van der Waals surface area contributed by atoms with E-state index in [-0.39, 0.29) is 13.2 Å². The summed E-state index contributed by atoms with van der Waals surface area (Å²) in [6.45, 7) is 0. The Morgan fingerprint density at radius 1 is 1.21 bits per heavy atom. The molecule has 0 aliphatic heterocycles. The van der Waals surface area contributed by atoms with Gasteiger partial charge in [-0.25, -0.2) is 9.37 Å². The van der Waals surface area contributed by atoms with E-state index < -0.39 is 0 Å². The summed E-state index contributed by atoms with van der Waals surface area (Å²) in [5, 5.41) is 1.02. The highest BCUT2D eigenvalue weighted by molar-refractivity contribution is 9.10. The number of aromatic nitrogens is 2. The second-order valence-corrected chi connectivity index (χ2v) is 5.05. The largest absolute Gasteiger partial charge is 0.346 e. The Morgan fingerprint density at radius 3 is 2.79 bits per heavy atom. The number of pyridine rings is 1. The number of benzene rings is 1. The fourth-order valence-electron chi connectivity index (χ4n) is 2.03. The predicted octanol–water partition coefficient (Wildman–Crippen LogP) is 4.69. The standard InChI is InChI=1S/C14H10BrFN2.CH4/c15-11-6-12-10(7-17-14(12)18-8-11)5-9-3-1-2-4-13(9)16;/h1-4,6-8H,5H2,(H,17,18);1H4. The molecule has 3 rings (SSSR count). The van der Waals surface area contributed by atoms with Gasteiger partial charge in [-0.3, -0.25) is 0 Å². The Bertz CT molecular complexity index is 706. The predicted molar refractivity (Wildman–Crippen MR) is 79.7 cm³/mol. The van der Waals surface area contributed by atoms with Gasteiger partial charge in [-0.1, -0.05) is 25.6 Å². The zero-order chi connectivity index (χ0) is 12.5. The Labute approximate surface area is 119 Å². The van der Waals surface area contributed by atoms with Crippen molar-refractivity contribution in [3.05, 3.63) is 64.1 Å². The number of H-pyrrole nitrogens is 1. The maximum atomic E-state index is 13.6. The second kappa shape index (κ2) is 5.53. The number of halogens is 2. The first-order valence-corrected chi connectivity index (χ1v) is 6.38. The van der Waals surface area contributed by atoms with Crippen molar-refractivity contribution in [3.8, 4) is 0 Å². The fourth-order valence-corrected chi connectivity index (χ4v) is 2.36. The highest BCUT2D eigenvalue weighted by Crippen LogP contribution is 2.23. The van der Waals surface area contributed by atoms with Gasteiger partial charge in [0.1, 0.15) is 11.5 Å². The van der Waals surface area contributed by atoms with E-state index in [1.54, 1.807) is 18.3 Å². The second-order valence-electron chi connectivity index (χ2n) is 4.13. The van der Waals surface area contributed by atoms with Gasteiger partial charge in [0.05, 0.1) is 0 Å². The van der Waals surface area contributed by atoms with Gasteiger partial charge in [0.2, 0.25) is 0 Å². The summed E-state index contributed by atoms with van der Waals surface area (Å²) >= 11 is 3.40. The van der Waals surface area contributed by atoms with E-state index in [2.05, 4.69) is 25.9 Å². The smallest absolute Gasteiger partial charge is 0.137 e. The minimum Gasteiger partial charge on any atom is -0.346 e. The maximum absolute atomic E-state index is 13.6. The van der Waals surface area contributed by atoms with E-state index in [1.807, 2.05) is 18.3 Å². The lowest BCUT2D eigenvalue weighted by atomic mass is 10.0. The summed E-state index contributed by atoms with van der Waals surface area (Å²) in [7, 11) is 0. The number of nitrogens with zero attached hydrogens (tertiary/aromatic N) is 1. The molecule has 0 radical (unpaired) electrons. The summed E-state index contributed by atoms with van der Waals surface area (Å²) < 4.78 is 14.5. The molecule has 19 heavy (non-hydrogen) atoms. The molecule has 4 heteroatoms. The van der Waals surface area contributed by atoms with Crippen LogP contribution in [0.5, 0.6) is 0 Å². The first-order chi connectivity index (χ1) is 8.74. The maximum Gasteiger partial charge on any atom is 0.137 e. The summed E-state index contributed by atoms with van der Waals surface area (Å²) in [5.74, 6) is -0.171. The van der Waals surface area contributed by atoms with Crippen molar-refractivity contribution in [1.82, 2.24) is 9.97 Å². The minimum absolute atomic E-state index is 0. The van der Waals surface area contributed by atoms with Gasteiger partial charge in [0.25, 0.3) is 0 Å². The molecule has 2 nitrogen and oxygen atoms in total. The Hall–Kier alpha value is -1.68. The average Bonchev–Trinajstić information content (AvgIpc) is 2.75. The molecular formula is C15H14BrFN2. The molecular weight excluding hydrogens is 307 g/mol. The van der Waals surface area contributed by atoms with Gasteiger partial charge in [-0.05, 0) is 39.2 Å². The van der Waals surface area contributed by atoms with Crippen LogP contribution in [-0.2, 0) is 6.42 Å². The van der Waals surface area contributed by atoms with Gasteiger partial charge in [0.15, 0.2) is 0 Å². The third kappa shape index (κ3) is 2.68. The number of aromatic amines is 1. The van der Waals surface area contributed by atoms with Crippen molar-refractivity contribution in [2.75, 3.05) is 0 Å². The third-order valence-corrected chi connectivity index (χ3v) is 3.36. The molecule has 1 N–H and O–H groups in total. The van der Waals surface area contributed by atoms with Crippen LogP contribution in [-0.4, -0.2) is 9.97 Å². The molecule has 0 fully saturated rings. The SMILES string of the molecule is C.Fc1ccccc1Cc1c[nH]c2ncc(Br)cc12. The van der Waals surface area contributed by atoms with Gasteiger partial charge in [0, 0.05) is 28.7 Å². The normalized spacial score (nSPS) is 10.4. The van der Waals surface area contributed by atoms with Gasteiger partial charge in [-0.2, -0.15) is 0 Å². The van der Waals surface area contributed by atoms with Gasteiger partial charge < -0.3 is 4.98 Å². The lowest BCUT2D eigenvalue weighted by Gasteiger charge is -2.02. The highest BCUT2D eigenvalue weighted by atomic mass is 79.9. The van der Waals surface area contributed by atoms with Crippen LogP contribution in [0.25, 0.3) is 11.0 Å². The van der Waals surface area contributed by atoms with E-state index >= 15 is 0 Å². The number of hydrogen-bond acceptors (Lipinski definition) is 1. The Morgan fingerprint density at radius 2 is 2.00 bits per heavy atom. The van der Waals surface area contributed by atoms with Crippen molar-refractivity contribution >= 4 is 27.0 Å². The molecule has 98 valence electrons. The summed E-state index contributed by atoms with van der Waals surface area (Å²) in [4.78, 5) is 7.37. The van der Waals surface area contributed by atoms with E-state index in [0.717, 1.165) is 21.1 Å². The highest BCUT2D eigenvalue weighted by Gasteiger charge is 2.08. The molecule has 0 saturated carbocycles. The molecule has 0 saturated heterocycles. The molecule has 2 aromatic heterocycles. The van der Waals surface area contributed by atoms with Crippen molar-refractivity contribution in [1.29, 1.82) is 0 Å². The number of fused-ring (bicyclic) bond motifs is 1. The molecule has 3 aromatic rings. The molecule has 0 spiro atoms. The van der Waals surface area contributed by atoms with Crippen LogP contribution in [0.15, 0.2) is 47.2 Å². The Kier molecular flexibility index (Phi) is 4.00. The molecule has 0 unspecified atom stereocenters. The van der Waals surface area contributed by atoms with Crippen molar-refractivity contribution in [3.63, 3.8) is 0 Å². The molecule has 0 aliphatic rings. The van der Waals surface area contributed by atoms with E-state index in [4.69, 9.17) is 0 Å². The summed E-state index contributed by atoms with van der Waals surface area (Å²) in [5.41, 5.74) is 2.56. The first kappa shape index (κ1) is 13.7. The summed E-state index contributed by atoms with van der Waals surface area (Å²) in [6, 6.07) is 8.83. The van der Waals surface area contributed by atoms with Crippen molar-refractivity contribution in [2.45, 2.75) is 13.8 Å². The van der Waals surface area contributed by atoms with E-state index in [0.29, 0.717) is 12.0 Å². The van der Waals surface area contributed by atoms with Crippen LogP contribution in [0.2, 0.25) is 0 Å². The molecule has 1 aromatic carbocycles. The molecule has 0 bridgehead atoms. The van der Waals surface area contributed by atoms with Gasteiger partial charge >= 0.3 is 0 Å². The molecule has 0 amide bonds. The molecule has 0 atom stereocenters. The van der Waals surface area contributed by atoms with Gasteiger partial charge in [-0.15, -0.1) is 0 Å². The van der Waals surface area contributed by atoms with Crippen LogP contribution >= 0.6 is 15.9 Å².